The Bertz CT molecular complexity index is 795. The van der Waals surface area contributed by atoms with E-state index in [2.05, 4.69) is 68.9 Å². The fourth-order valence-corrected chi connectivity index (χ4v) is 5.82. The summed E-state index contributed by atoms with van der Waals surface area (Å²) in [6, 6.07) is 6.96. The zero-order valence-corrected chi connectivity index (χ0v) is 18.0. The van der Waals surface area contributed by atoms with E-state index in [1.165, 1.54) is 58.4 Å². The number of halogens is 2. The number of fused-ring (bicyclic) bond motifs is 2. The lowest BCUT2D eigenvalue weighted by molar-refractivity contribution is 0.206. The van der Waals surface area contributed by atoms with Crippen LogP contribution in [0.15, 0.2) is 33.3 Å². The molecule has 0 N–H and O–H groups in total. The Hall–Kier alpha value is -0.710. The molecule has 0 saturated carbocycles. The Morgan fingerprint density at radius 3 is 2.52 bits per heavy atom. The molecular weight excluding hydrogens is 440 g/mol. The molecule has 2 nitrogen and oxygen atoms in total. The summed E-state index contributed by atoms with van der Waals surface area (Å²) in [6.45, 7) is 4.57. The van der Waals surface area contributed by atoms with Crippen molar-refractivity contribution in [3.8, 4) is 0 Å². The van der Waals surface area contributed by atoms with Crippen LogP contribution in [-0.4, -0.2) is 30.0 Å². The summed E-state index contributed by atoms with van der Waals surface area (Å²) in [5.41, 5.74) is 7.06. The van der Waals surface area contributed by atoms with Crippen LogP contribution < -0.4 is 0 Å². The lowest BCUT2D eigenvalue weighted by atomic mass is 9.76. The van der Waals surface area contributed by atoms with Crippen molar-refractivity contribution >= 4 is 31.9 Å². The SMILES string of the molecule is Cc1cc(Br)c2c(c1)CCc1cc(Br)cnc1[C@@H]2C1CCN(C)CC1. The largest absolute Gasteiger partial charge is 0.306 e. The third-order valence-electron chi connectivity index (χ3n) is 5.83. The smallest absolute Gasteiger partial charge is 0.0514 e. The Kier molecular flexibility index (Phi) is 5.04. The second kappa shape index (κ2) is 7.13. The van der Waals surface area contributed by atoms with Gasteiger partial charge in [-0.15, -0.1) is 0 Å². The number of hydrogen-bond acceptors (Lipinski definition) is 2. The maximum atomic E-state index is 4.94. The Labute approximate surface area is 167 Å². The molecule has 1 aliphatic carbocycles. The number of aryl methyl sites for hydroxylation is 3. The molecule has 132 valence electrons. The van der Waals surface area contributed by atoms with Gasteiger partial charge >= 0.3 is 0 Å². The maximum absolute atomic E-state index is 4.94. The molecule has 1 atom stereocenters. The number of hydrogen-bond donors (Lipinski definition) is 0. The number of pyridine rings is 1. The van der Waals surface area contributed by atoms with Gasteiger partial charge in [0.15, 0.2) is 0 Å². The standard InChI is InChI=1S/C21H24Br2N2/c1-13-9-15-3-4-16-11-17(22)12-24-21(16)20(19(15)18(23)10-13)14-5-7-25(2)8-6-14/h9-12,14,20H,3-8H2,1-2H3/t20-/m1/s1. The van der Waals surface area contributed by atoms with Crippen LogP contribution in [0, 0.1) is 12.8 Å². The summed E-state index contributed by atoms with van der Waals surface area (Å²) in [5, 5.41) is 0. The minimum absolute atomic E-state index is 0.407. The van der Waals surface area contributed by atoms with Gasteiger partial charge in [-0.1, -0.05) is 22.0 Å². The minimum atomic E-state index is 0.407. The lowest BCUT2D eigenvalue weighted by Crippen LogP contribution is -2.33. The van der Waals surface area contributed by atoms with Crippen LogP contribution in [0.2, 0.25) is 0 Å². The minimum Gasteiger partial charge on any atom is -0.306 e. The van der Waals surface area contributed by atoms with Crippen molar-refractivity contribution in [1.29, 1.82) is 0 Å². The number of nitrogens with zero attached hydrogens (tertiary/aromatic N) is 2. The molecule has 2 heterocycles. The highest BCUT2D eigenvalue weighted by molar-refractivity contribution is 9.10. The number of rotatable bonds is 1. The zero-order chi connectivity index (χ0) is 17.6. The molecule has 4 heteroatoms. The number of aromatic nitrogens is 1. The molecule has 0 amide bonds. The van der Waals surface area contributed by atoms with Gasteiger partial charge in [0.2, 0.25) is 0 Å². The predicted molar refractivity (Wildman–Crippen MR) is 110 cm³/mol. The van der Waals surface area contributed by atoms with E-state index in [9.17, 15) is 0 Å². The Morgan fingerprint density at radius 2 is 1.76 bits per heavy atom. The summed E-state index contributed by atoms with van der Waals surface area (Å²) in [6.07, 6.45) is 6.65. The highest BCUT2D eigenvalue weighted by Crippen LogP contribution is 2.45. The lowest BCUT2D eigenvalue weighted by Gasteiger charge is -2.35. The third-order valence-corrected chi connectivity index (χ3v) is 6.92. The average molecular weight is 464 g/mol. The van der Waals surface area contributed by atoms with Crippen LogP contribution >= 0.6 is 31.9 Å². The van der Waals surface area contributed by atoms with Gasteiger partial charge in [-0.3, -0.25) is 4.98 Å². The van der Waals surface area contributed by atoms with Gasteiger partial charge in [0.25, 0.3) is 0 Å². The van der Waals surface area contributed by atoms with Crippen molar-refractivity contribution in [3.63, 3.8) is 0 Å². The van der Waals surface area contributed by atoms with Crippen molar-refractivity contribution in [2.45, 2.75) is 38.5 Å². The van der Waals surface area contributed by atoms with Gasteiger partial charge in [-0.05, 0) is 109 Å². The summed E-state index contributed by atoms with van der Waals surface area (Å²) in [4.78, 5) is 7.39. The van der Waals surface area contributed by atoms with E-state index in [0.717, 1.165) is 17.3 Å². The quantitative estimate of drug-likeness (QED) is 0.555. The second-order valence-electron chi connectivity index (χ2n) is 7.64. The summed E-state index contributed by atoms with van der Waals surface area (Å²) < 4.78 is 2.36. The highest BCUT2D eigenvalue weighted by Gasteiger charge is 2.34. The van der Waals surface area contributed by atoms with E-state index in [4.69, 9.17) is 4.98 Å². The first kappa shape index (κ1) is 17.7. The van der Waals surface area contributed by atoms with Gasteiger partial charge in [0.05, 0.1) is 5.69 Å². The molecule has 1 aromatic heterocycles. The monoisotopic (exact) mass is 462 g/mol. The van der Waals surface area contributed by atoms with Crippen LogP contribution in [0.5, 0.6) is 0 Å². The summed E-state index contributed by atoms with van der Waals surface area (Å²) in [5.74, 6) is 1.07. The van der Waals surface area contributed by atoms with E-state index < -0.39 is 0 Å². The van der Waals surface area contributed by atoms with Gasteiger partial charge in [0, 0.05) is 21.1 Å². The molecule has 1 fully saturated rings. The molecule has 0 unspecified atom stereocenters. The van der Waals surface area contributed by atoms with E-state index in [0.29, 0.717) is 11.8 Å². The molecule has 0 radical (unpaired) electrons. The normalized spacial score (nSPS) is 21.5. The first-order valence-corrected chi connectivity index (χ1v) is 10.7. The van der Waals surface area contributed by atoms with Crippen molar-refractivity contribution in [1.82, 2.24) is 9.88 Å². The number of benzene rings is 1. The van der Waals surface area contributed by atoms with Crippen LogP contribution in [0.25, 0.3) is 0 Å². The number of likely N-dealkylation sites (tertiary alicyclic amines) is 1. The maximum Gasteiger partial charge on any atom is 0.0514 e. The molecule has 2 aliphatic rings. The molecule has 0 spiro atoms. The Balaban J connectivity index is 1.87. The molecule has 0 bridgehead atoms. The van der Waals surface area contributed by atoms with E-state index >= 15 is 0 Å². The van der Waals surface area contributed by atoms with Gasteiger partial charge in [-0.2, -0.15) is 0 Å². The van der Waals surface area contributed by atoms with E-state index in [1.54, 1.807) is 0 Å². The molecular formula is C21H24Br2N2. The zero-order valence-electron chi connectivity index (χ0n) is 14.9. The van der Waals surface area contributed by atoms with Crippen molar-refractivity contribution in [2.75, 3.05) is 20.1 Å². The van der Waals surface area contributed by atoms with Crippen molar-refractivity contribution in [3.05, 3.63) is 61.3 Å². The molecule has 25 heavy (non-hydrogen) atoms. The van der Waals surface area contributed by atoms with Gasteiger partial charge in [-0.25, -0.2) is 0 Å². The first-order valence-electron chi connectivity index (χ1n) is 9.14. The van der Waals surface area contributed by atoms with Crippen molar-refractivity contribution in [2.24, 2.45) is 5.92 Å². The molecule has 2 aromatic rings. The fourth-order valence-electron chi connectivity index (χ4n) is 4.58. The van der Waals surface area contributed by atoms with E-state index in [1.807, 2.05) is 6.20 Å². The molecule has 1 aromatic carbocycles. The van der Waals surface area contributed by atoms with Crippen LogP contribution in [0.3, 0.4) is 0 Å². The number of piperidine rings is 1. The third kappa shape index (κ3) is 3.45. The predicted octanol–water partition coefficient (Wildman–Crippen LogP) is 5.49. The molecule has 1 saturated heterocycles. The van der Waals surface area contributed by atoms with Crippen LogP contribution in [0.4, 0.5) is 0 Å². The van der Waals surface area contributed by atoms with Crippen LogP contribution in [0.1, 0.15) is 46.7 Å². The molecule has 4 rings (SSSR count). The summed E-state index contributed by atoms with van der Waals surface area (Å²) in [7, 11) is 2.24. The topological polar surface area (TPSA) is 16.1 Å². The van der Waals surface area contributed by atoms with E-state index in [-0.39, 0.29) is 0 Å². The average Bonchev–Trinajstić information content (AvgIpc) is 2.72. The highest BCUT2D eigenvalue weighted by atomic mass is 79.9. The first-order chi connectivity index (χ1) is 12.0. The fraction of sp³-hybridized carbons (Fsp3) is 0.476. The van der Waals surface area contributed by atoms with Gasteiger partial charge < -0.3 is 4.90 Å². The second-order valence-corrected chi connectivity index (χ2v) is 9.41. The van der Waals surface area contributed by atoms with Crippen LogP contribution in [-0.2, 0) is 12.8 Å². The molecule has 1 aliphatic heterocycles. The van der Waals surface area contributed by atoms with Gasteiger partial charge in [0.1, 0.15) is 0 Å². The van der Waals surface area contributed by atoms with Crippen molar-refractivity contribution < 1.29 is 0 Å². The Morgan fingerprint density at radius 1 is 1.04 bits per heavy atom. The summed E-state index contributed by atoms with van der Waals surface area (Å²) >= 11 is 7.53.